The Bertz CT molecular complexity index is 711. The van der Waals surface area contributed by atoms with Gasteiger partial charge in [-0.25, -0.2) is 0 Å². The van der Waals surface area contributed by atoms with E-state index in [1.54, 1.807) is 0 Å². The third-order valence-electron chi connectivity index (χ3n) is 3.69. The van der Waals surface area contributed by atoms with E-state index in [0.29, 0.717) is 5.92 Å². The topological polar surface area (TPSA) is 137 Å². The van der Waals surface area contributed by atoms with E-state index in [0.717, 1.165) is 36.1 Å². The molecule has 1 aromatic rings. The predicted molar refractivity (Wildman–Crippen MR) is 92.2 cm³/mol. The summed E-state index contributed by atoms with van der Waals surface area (Å²) >= 11 is 0. The first kappa shape index (κ1) is 20.3. The Morgan fingerprint density at radius 3 is 2.48 bits per heavy atom. The molecule has 2 amide bonds. The Hall–Kier alpha value is -2.71. The Kier molecular flexibility index (Phi) is 7.28. The monoisotopic (exact) mass is 352 g/mol. The molecule has 0 bridgehead atoms. The lowest BCUT2D eigenvalue weighted by atomic mass is 10.0. The molecule has 9 heteroatoms. The van der Waals surface area contributed by atoms with Gasteiger partial charge in [-0.1, -0.05) is 26.7 Å². The number of pyridine rings is 1. The highest BCUT2D eigenvalue weighted by Gasteiger charge is 2.19. The van der Waals surface area contributed by atoms with Crippen LogP contribution in [0.1, 0.15) is 50.4 Å². The first-order chi connectivity index (χ1) is 11.6. The summed E-state index contributed by atoms with van der Waals surface area (Å²) < 4.78 is 0.828. The maximum atomic E-state index is 12.1. The molecule has 9 nitrogen and oxygen atoms in total. The van der Waals surface area contributed by atoms with Crippen molar-refractivity contribution in [3.63, 3.8) is 0 Å². The first-order valence-corrected chi connectivity index (χ1v) is 8.09. The molecule has 1 rings (SSSR count). The molecule has 0 aliphatic carbocycles. The van der Waals surface area contributed by atoms with Crippen molar-refractivity contribution >= 4 is 17.5 Å². The smallest absolute Gasteiger partial charge is 0.286 e. The van der Waals surface area contributed by atoms with Gasteiger partial charge in [-0.2, -0.15) is 0 Å². The second kappa shape index (κ2) is 8.95. The van der Waals surface area contributed by atoms with Crippen molar-refractivity contribution in [2.24, 2.45) is 11.7 Å². The van der Waals surface area contributed by atoms with Crippen molar-refractivity contribution in [1.82, 2.24) is 9.88 Å². The molecule has 0 aliphatic rings. The van der Waals surface area contributed by atoms with Gasteiger partial charge in [0.25, 0.3) is 17.2 Å². The van der Waals surface area contributed by atoms with Crippen LogP contribution in [-0.2, 0) is 11.3 Å². The summed E-state index contributed by atoms with van der Waals surface area (Å²) in [6.07, 6.45) is 3.73. The second-order valence-corrected chi connectivity index (χ2v) is 6.46. The first-order valence-electron chi connectivity index (χ1n) is 8.09. The molecular formula is C16H24N4O5. The van der Waals surface area contributed by atoms with Crippen LogP contribution < -0.4 is 16.6 Å². The fraction of sp³-hybridized carbons (Fsp3) is 0.562. The number of carbonyl (C=O) groups is 2. The lowest BCUT2D eigenvalue weighted by Gasteiger charge is -2.15. The van der Waals surface area contributed by atoms with Gasteiger partial charge in [0.05, 0.1) is 11.1 Å². The van der Waals surface area contributed by atoms with Crippen LogP contribution in [0.25, 0.3) is 0 Å². The minimum absolute atomic E-state index is 0.0868. The van der Waals surface area contributed by atoms with Gasteiger partial charge >= 0.3 is 0 Å². The molecule has 1 aromatic heterocycles. The van der Waals surface area contributed by atoms with Crippen LogP contribution in [0.3, 0.4) is 0 Å². The number of nitrogens with two attached hydrogens (primary N) is 1. The lowest BCUT2D eigenvalue weighted by Crippen LogP contribution is -2.38. The van der Waals surface area contributed by atoms with Crippen LogP contribution in [0.2, 0.25) is 0 Å². The van der Waals surface area contributed by atoms with Crippen LogP contribution >= 0.6 is 0 Å². The number of aromatic nitrogens is 1. The molecule has 0 radical (unpaired) electrons. The van der Waals surface area contributed by atoms with Crippen LogP contribution in [0.5, 0.6) is 0 Å². The van der Waals surface area contributed by atoms with Crippen molar-refractivity contribution in [2.45, 2.75) is 52.6 Å². The molecule has 0 aromatic carbocycles. The Morgan fingerprint density at radius 2 is 1.96 bits per heavy atom. The normalized spacial score (nSPS) is 12.0. The van der Waals surface area contributed by atoms with Crippen molar-refractivity contribution < 1.29 is 14.5 Å². The second-order valence-electron chi connectivity index (χ2n) is 6.46. The summed E-state index contributed by atoms with van der Waals surface area (Å²) in [6, 6.07) is 0.726. The fourth-order valence-electron chi connectivity index (χ4n) is 2.39. The van der Waals surface area contributed by atoms with E-state index < -0.39 is 40.1 Å². The maximum absolute atomic E-state index is 12.1. The third-order valence-corrected chi connectivity index (χ3v) is 3.69. The Labute approximate surface area is 145 Å². The highest BCUT2D eigenvalue weighted by molar-refractivity contribution is 5.93. The SMILES string of the molecule is CC(C)CCCC(C)NC(=O)Cn1cc([N+](=O)[O-])cc(C(N)=O)c1=O. The zero-order valence-corrected chi connectivity index (χ0v) is 14.7. The van der Waals surface area contributed by atoms with Gasteiger partial charge in [0.2, 0.25) is 5.91 Å². The number of hydrogen-bond acceptors (Lipinski definition) is 5. The third kappa shape index (κ3) is 6.36. The van der Waals surface area contributed by atoms with Gasteiger partial charge < -0.3 is 11.1 Å². The largest absolute Gasteiger partial charge is 0.365 e. The number of nitrogens with one attached hydrogen (secondary N) is 1. The van der Waals surface area contributed by atoms with E-state index in [2.05, 4.69) is 19.2 Å². The van der Waals surface area contributed by atoms with Crippen LogP contribution in [-0.4, -0.2) is 27.3 Å². The van der Waals surface area contributed by atoms with Gasteiger partial charge in [0, 0.05) is 12.1 Å². The molecular weight excluding hydrogens is 328 g/mol. The highest BCUT2D eigenvalue weighted by atomic mass is 16.6. The van der Waals surface area contributed by atoms with Gasteiger partial charge in [-0.3, -0.25) is 29.1 Å². The Morgan fingerprint density at radius 1 is 1.32 bits per heavy atom. The number of nitro groups is 1. The lowest BCUT2D eigenvalue weighted by molar-refractivity contribution is -0.385. The van der Waals surface area contributed by atoms with Crippen molar-refractivity contribution in [3.05, 3.63) is 38.3 Å². The van der Waals surface area contributed by atoms with Crippen molar-refractivity contribution in [2.75, 3.05) is 0 Å². The summed E-state index contributed by atoms with van der Waals surface area (Å²) in [6.45, 7) is 5.67. The average Bonchev–Trinajstić information content (AvgIpc) is 2.48. The predicted octanol–water partition coefficient (Wildman–Crippen LogP) is 1.19. The van der Waals surface area contributed by atoms with Crippen molar-refractivity contribution in [3.8, 4) is 0 Å². The van der Waals surface area contributed by atoms with E-state index in [9.17, 15) is 24.5 Å². The fourth-order valence-corrected chi connectivity index (χ4v) is 2.39. The maximum Gasteiger partial charge on any atom is 0.286 e. The number of hydrogen-bond donors (Lipinski definition) is 2. The van der Waals surface area contributed by atoms with E-state index in [1.165, 1.54) is 0 Å². The molecule has 0 saturated heterocycles. The minimum Gasteiger partial charge on any atom is -0.365 e. The standard InChI is InChI=1S/C16H24N4O5/c1-10(2)5-4-6-11(3)18-14(21)9-19-8-12(20(24)25)7-13(15(17)22)16(19)23/h7-8,10-11H,4-6,9H2,1-3H3,(H2,17,22)(H,18,21). The Balaban J connectivity index is 2.84. The minimum atomic E-state index is -1.08. The van der Waals surface area contributed by atoms with E-state index in [4.69, 9.17) is 5.73 Å². The van der Waals surface area contributed by atoms with Gasteiger partial charge in [0.1, 0.15) is 12.1 Å². The zero-order chi connectivity index (χ0) is 19.1. The number of nitrogens with zero attached hydrogens (tertiary/aromatic N) is 2. The molecule has 0 aliphatic heterocycles. The van der Waals surface area contributed by atoms with Crippen molar-refractivity contribution in [1.29, 1.82) is 0 Å². The van der Waals surface area contributed by atoms with Gasteiger partial charge in [0.15, 0.2) is 0 Å². The van der Waals surface area contributed by atoms with E-state index in [1.807, 2.05) is 6.92 Å². The van der Waals surface area contributed by atoms with E-state index >= 15 is 0 Å². The summed E-state index contributed by atoms with van der Waals surface area (Å²) in [7, 11) is 0. The number of rotatable bonds is 9. The molecule has 1 atom stereocenters. The average molecular weight is 352 g/mol. The van der Waals surface area contributed by atoms with E-state index in [-0.39, 0.29) is 6.04 Å². The van der Waals surface area contributed by atoms with Gasteiger partial charge in [-0.15, -0.1) is 0 Å². The molecule has 0 saturated carbocycles. The number of primary amides is 1. The molecule has 3 N–H and O–H groups in total. The zero-order valence-electron chi connectivity index (χ0n) is 14.7. The summed E-state index contributed by atoms with van der Waals surface area (Å²) in [5.74, 6) is -0.960. The quantitative estimate of drug-likeness (QED) is 0.508. The summed E-state index contributed by atoms with van der Waals surface area (Å²) in [5, 5.41) is 13.7. The van der Waals surface area contributed by atoms with Crippen LogP contribution in [0.15, 0.2) is 17.1 Å². The molecule has 0 fully saturated rings. The number of amides is 2. The van der Waals surface area contributed by atoms with Crippen LogP contribution in [0, 0.1) is 16.0 Å². The summed E-state index contributed by atoms with van der Waals surface area (Å²) in [4.78, 5) is 45.6. The van der Waals surface area contributed by atoms with Gasteiger partial charge in [-0.05, 0) is 19.3 Å². The molecule has 1 heterocycles. The molecule has 25 heavy (non-hydrogen) atoms. The molecule has 0 spiro atoms. The highest BCUT2D eigenvalue weighted by Crippen LogP contribution is 2.10. The molecule has 138 valence electrons. The number of carbonyl (C=O) groups excluding carboxylic acids is 2. The molecule has 1 unspecified atom stereocenters. The van der Waals surface area contributed by atoms with Crippen LogP contribution in [0.4, 0.5) is 5.69 Å². The summed E-state index contributed by atoms with van der Waals surface area (Å²) in [5.41, 5.74) is 3.23.